The van der Waals surface area contributed by atoms with E-state index in [4.69, 9.17) is 12.2 Å². The monoisotopic (exact) mass is 235 g/mol. The van der Waals surface area contributed by atoms with Gasteiger partial charge in [-0.05, 0) is 12.8 Å². The SMILES string of the molecule is C#CCN1CCN(C(=O)C2(CN)CCC2)CC1. The molecule has 1 heterocycles. The molecule has 2 aliphatic rings. The number of terminal acetylenes is 1. The Bertz CT molecular complexity index is 317. The fourth-order valence-corrected chi connectivity index (χ4v) is 2.68. The molecule has 1 amide bonds. The highest BCUT2D eigenvalue weighted by Gasteiger charge is 2.45. The number of carbonyl (C=O) groups is 1. The van der Waals surface area contributed by atoms with E-state index in [1.165, 1.54) is 0 Å². The van der Waals surface area contributed by atoms with E-state index in [1.54, 1.807) is 0 Å². The maximum Gasteiger partial charge on any atom is 0.230 e. The standard InChI is InChI=1S/C13H21N3O/c1-2-6-15-7-9-16(10-8-15)12(17)13(11-14)4-3-5-13/h1H,3-11,14H2. The lowest BCUT2D eigenvalue weighted by Gasteiger charge is -2.45. The average molecular weight is 235 g/mol. The Balaban J connectivity index is 1.88. The van der Waals surface area contributed by atoms with Gasteiger partial charge in [-0.2, -0.15) is 0 Å². The van der Waals surface area contributed by atoms with E-state index < -0.39 is 0 Å². The Morgan fingerprint density at radius 3 is 2.35 bits per heavy atom. The van der Waals surface area contributed by atoms with Crippen molar-refractivity contribution in [1.82, 2.24) is 9.80 Å². The molecule has 0 atom stereocenters. The van der Waals surface area contributed by atoms with E-state index in [2.05, 4.69) is 10.8 Å². The van der Waals surface area contributed by atoms with Gasteiger partial charge in [0.05, 0.1) is 12.0 Å². The molecule has 2 fully saturated rings. The first-order valence-corrected chi connectivity index (χ1v) is 6.37. The highest BCUT2D eigenvalue weighted by molar-refractivity contribution is 5.84. The summed E-state index contributed by atoms with van der Waals surface area (Å²) < 4.78 is 0. The Hall–Kier alpha value is -1.05. The molecule has 2 N–H and O–H groups in total. The van der Waals surface area contributed by atoms with Gasteiger partial charge in [-0.25, -0.2) is 0 Å². The van der Waals surface area contributed by atoms with Crippen LogP contribution < -0.4 is 5.73 Å². The van der Waals surface area contributed by atoms with Crippen molar-refractivity contribution in [2.75, 3.05) is 39.3 Å². The summed E-state index contributed by atoms with van der Waals surface area (Å²) in [7, 11) is 0. The van der Waals surface area contributed by atoms with Gasteiger partial charge in [0, 0.05) is 32.7 Å². The molecule has 1 saturated heterocycles. The lowest BCUT2D eigenvalue weighted by molar-refractivity contribution is -0.148. The number of hydrogen-bond acceptors (Lipinski definition) is 3. The van der Waals surface area contributed by atoms with Gasteiger partial charge in [-0.3, -0.25) is 9.69 Å². The summed E-state index contributed by atoms with van der Waals surface area (Å²) in [5, 5.41) is 0. The second-order valence-electron chi connectivity index (χ2n) is 5.11. The molecule has 0 aromatic carbocycles. The normalized spacial score (nSPS) is 23.9. The van der Waals surface area contributed by atoms with Gasteiger partial charge in [-0.15, -0.1) is 6.42 Å². The third kappa shape index (κ3) is 2.31. The van der Waals surface area contributed by atoms with E-state index in [9.17, 15) is 4.79 Å². The Labute approximate surface area is 103 Å². The minimum atomic E-state index is -0.228. The molecule has 17 heavy (non-hydrogen) atoms. The molecule has 94 valence electrons. The molecule has 0 radical (unpaired) electrons. The topological polar surface area (TPSA) is 49.6 Å². The number of nitrogens with two attached hydrogens (primary N) is 1. The van der Waals surface area contributed by atoms with Crippen molar-refractivity contribution < 1.29 is 4.79 Å². The molecule has 1 saturated carbocycles. The summed E-state index contributed by atoms with van der Waals surface area (Å²) in [4.78, 5) is 16.6. The van der Waals surface area contributed by atoms with Gasteiger partial charge in [0.15, 0.2) is 0 Å². The summed E-state index contributed by atoms with van der Waals surface area (Å²) >= 11 is 0. The molecule has 0 aromatic rings. The first-order chi connectivity index (χ1) is 8.22. The van der Waals surface area contributed by atoms with Crippen LogP contribution in [0.15, 0.2) is 0 Å². The fraction of sp³-hybridized carbons (Fsp3) is 0.769. The first kappa shape index (κ1) is 12.4. The van der Waals surface area contributed by atoms with Crippen LogP contribution in [0.2, 0.25) is 0 Å². The zero-order valence-electron chi connectivity index (χ0n) is 10.3. The van der Waals surface area contributed by atoms with Crippen LogP contribution in [-0.4, -0.2) is 55.0 Å². The third-order valence-corrected chi connectivity index (χ3v) is 4.13. The van der Waals surface area contributed by atoms with Crippen LogP contribution in [0.4, 0.5) is 0 Å². The van der Waals surface area contributed by atoms with Crippen molar-refractivity contribution in [3.05, 3.63) is 0 Å². The lowest BCUT2D eigenvalue weighted by atomic mass is 9.67. The summed E-state index contributed by atoms with van der Waals surface area (Å²) in [6, 6.07) is 0. The smallest absolute Gasteiger partial charge is 0.230 e. The Kier molecular flexibility index (Phi) is 3.70. The molecule has 2 rings (SSSR count). The van der Waals surface area contributed by atoms with Crippen LogP contribution in [0, 0.1) is 17.8 Å². The van der Waals surface area contributed by atoms with E-state index in [1.807, 2.05) is 4.90 Å². The van der Waals surface area contributed by atoms with E-state index >= 15 is 0 Å². The van der Waals surface area contributed by atoms with Gasteiger partial charge in [-0.1, -0.05) is 12.3 Å². The van der Waals surface area contributed by atoms with Crippen molar-refractivity contribution in [2.24, 2.45) is 11.1 Å². The lowest BCUT2D eigenvalue weighted by Crippen LogP contribution is -2.57. The zero-order chi connectivity index (χ0) is 12.3. The minimum Gasteiger partial charge on any atom is -0.340 e. The molecular weight excluding hydrogens is 214 g/mol. The zero-order valence-corrected chi connectivity index (χ0v) is 10.3. The van der Waals surface area contributed by atoms with Crippen molar-refractivity contribution >= 4 is 5.91 Å². The molecule has 1 aliphatic carbocycles. The number of carbonyl (C=O) groups excluding carboxylic acids is 1. The highest BCUT2D eigenvalue weighted by atomic mass is 16.2. The maximum absolute atomic E-state index is 12.4. The average Bonchev–Trinajstić information content (AvgIpc) is 2.29. The molecule has 4 nitrogen and oxygen atoms in total. The van der Waals surface area contributed by atoms with Crippen molar-refractivity contribution in [1.29, 1.82) is 0 Å². The molecule has 0 spiro atoms. The number of rotatable bonds is 3. The number of amides is 1. The van der Waals surface area contributed by atoms with Gasteiger partial charge in [0.2, 0.25) is 5.91 Å². The maximum atomic E-state index is 12.4. The largest absolute Gasteiger partial charge is 0.340 e. The molecule has 1 aliphatic heterocycles. The van der Waals surface area contributed by atoms with Crippen molar-refractivity contribution in [3.8, 4) is 12.3 Å². The number of piperazine rings is 1. The Morgan fingerprint density at radius 1 is 1.29 bits per heavy atom. The molecular formula is C13H21N3O. The second-order valence-corrected chi connectivity index (χ2v) is 5.11. The Morgan fingerprint density at radius 2 is 1.94 bits per heavy atom. The summed E-state index contributed by atoms with van der Waals surface area (Å²) in [5.41, 5.74) is 5.54. The van der Waals surface area contributed by atoms with Crippen LogP contribution in [-0.2, 0) is 4.79 Å². The quantitative estimate of drug-likeness (QED) is 0.695. The van der Waals surface area contributed by atoms with Crippen LogP contribution in [0.1, 0.15) is 19.3 Å². The summed E-state index contributed by atoms with van der Waals surface area (Å²) in [5.74, 6) is 2.92. The molecule has 0 unspecified atom stereocenters. The molecule has 0 bridgehead atoms. The summed E-state index contributed by atoms with van der Waals surface area (Å²) in [6.45, 7) is 4.54. The van der Waals surface area contributed by atoms with Gasteiger partial charge in [0.1, 0.15) is 0 Å². The molecule has 0 aromatic heterocycles. The van der Waals surface area contributed by atoms with E-state index in [-0.39, 0.29) is 11.3 Å². The first-order valence-electron chi connectivity index (χ1n) is 6.37. The van der Waals surface area contributed by atoms with Gasteiger partial charge >= 0.3 is 0 Å². The van der Waals surface area contributed by atoms with Crippen LogP contribution in [0.5, 0.6) is 0 Å². The van der Waals surface area contributed by atoms with Gasteiger partial charge < -0.3 is 10.6 Å². The van der Waals surface area contributed by atoms with Crippen LogP contribution >= 0.6 is 0 Å². The summed E-state index contributed by atoms with van der Waals surface area (Å²) in [6.07, 6.45) is 8.36. The van der Waals surface area contributed by atoms with E-state index in [0.29, 0.717) is 13.1 Å². The van der Waals surface area contributed by atoms with Gasteiger partial charge in [0.25, 0.3) is 0 Å². The molecule has 4 heteroatoms. The van der Waals surface area contributed by atoms with Crippen molar-refractivity contribution in [2.45, 2.75) is 19.3 Å². The third-order valence-electron chi connectivity index (χ3n) is 4.13. The predicted octanol–water partition coefficient (Wildman–Crippen LogP) is -0.107. The highest BCUT2D eigenvalue weighted by Crippen LogP contribution is 2.41. The predicted molar refractivity (Wildman–Crippen MR) is 67.2 cm³/mol. The second kappa shape index (κ2) is 5.07. The van der Waals surface area contributed by atoms with Crippen LogP contribution in [0.3, 0.4) is 0 Å². The minimum absolute atomic E-state index is 0.228. The van der Waals surface area contributed by atoms with Crippen molar-refractivity contribution in [3.63, 3.8) is 0 Å². The van der Waals surface area contributed by atoms with E-state index in [0.717, 1.165) is 45.4 Å². The number of nitrogens with zero attached hydrogens (tertiary/aromatic N) is 2. The number of hydrogen-bond donors (Lipinski definition) is 1. The van der Waals surface area contributed by atoms with Crippen LogP contribution in [0.25, 0.3) is 0 Å². The fourth-order valence-electron chi connectivity index (χ4n) is 2.68.